The maximum Gasteiger partial charge on any atom is 0.252 e. The van der Waals surface area contributed by atoms with Crippen LogP contribution in [0, 0.1) is 6.92 Å². The van der Waals surface area contributed by atoms with E-state index < -0.39 is 0 Å². The minimum atomic E-state index is -0.0560. The van der Waals surface area contributed by atoms with E-state index in [0.29, 0.717) is 19.1 Å². The van der Waals surface area contributed by atoms with Gasteiger partial charge in [0, 0.05) is 24.2 Å². The fraction of sp³-hybridized carbons (Fsp3) is 0.448. The summed E-state index contributed by atoms with van der Waals surface area (Å²) < 4.78 is 7.41. The first-order chi connectivity index (χ1) is 18.1. The number of fused-ring (bicyclic) bond motifs is 1. The Morgan fingerprint density at radius 3 is 2.59 bits per heavy atom. The number of hydrogen-bond donors (Lipinski definition) is 1. The van der Waals surface area contributed by atoms with Crippen LogP contribution in [0.5, 0.6) is 5.75 Å². The minimum Gasteiger partial charge on any atom is -0.497 e. The van der Waals surface area contributed by atoms with Crippen molar-refractivity contribution in [1.29, 1.82) is 0 Å². The SMILES string of the molecule is CC[C@@H](c1nnnn1C1CCCCC1)N(Cc1ccc(OC)cc1)Cc1cc2ccc(C)cc2[nH]c1=O. The molecule has 0 amide bonds. The zero-order chi connectivity index (χ0) is 25.8. The normalized spacial score (nSPS) is 15.4. The van der Waals surface area contributed by atoms with Crippen molar-refractivity contribution in [3.63, 3.8) is 0 Å². The molecular formula is C29H36N6O2. The molecule has 2 aromatic carbocycles. The molecule has 1 N–H and O–H groups in total. The van der Waals surface area contributed by atoms with E-state index in [2.05, 4.69) is 61.3 Å². The third-order valence-electron chi connectivity index (χ3n) is 7.56. The van der Waals surface area contributed by atoms with Crippen molar-refractivity contribution in [2.45, 2.75) is 77.5 Å². The molecular weight excluding hydrogens is 464 g/mol. The molecule has 5 rings (SSSR count). The van der Waals surface area contributed by atoms with Gasteiger partial charge in [0.1, 0.15) is 5.75 Å². The number of nitrogens with one attached hydrogen (secondary N) is 1. The lowest BCUT2D eigenvalue weighted by Crippen LogP contribution is -2.33. The van der Waals surface area contributed by atoms with E-state index in [1.807, 2.05) is 31.2 Å². The fourth-order valence-electron chi connectivity index (χ4n) is 5.55. The zero-order valence-corrected chi connectivity index (χ0v) is 22.0. The number of aryl methyl sites for hydroxylation is 1. The molecule has 0 saturated heterocycles. The molecule has 0 bridgehead atoms. The Hall–Kier alpha value is -3.52. The van der Waals surface area contributed by atoms with E-state index >= 15 is 0 Å². The average molecular weight is 501 g/mol. The van der Waals surface area contributed by atoms with E-state index in [0.717, 1.165) is 58.4 Å². The van der Waals surface area contributed by atoms with Gasteiger partial charge in [0.15, 0.2) is 5.82 Å². The molecule has 8 heteroatoms. The van der Waals surface area contributed by atoms with Crippen molar-refractivity contribution < 1.29 is 4.74 Å². The Morgan fingerprint density at radius 2 is 1.86 bits per heavy atom. The summed E-state index contributed by atoms with van der Waals surface area (Å²) in [6, 6.07) is 16.6. The van der Waals surface area contributed by atoms with Gasteiger partial charge in [-0.3, -0.25) is 9.69 Å². The number of nitrogens with zero attached hydrogens (tertiary/aromatic N) is 5. The Kier molecular flexibility index (Phi) is 7.65. The van der Waals surface area contributed by atoms with Gasteiger partial charge < -0.3 is 9.72 Å². The first kappa shape index (κ1) is 25.1. The Labute approximate surface area is 217 Å². The third kappa shape index (κ3) is 5.59. The summed E-state index contributed by atoms with van der Waals surface area (Å²) in [6.45, 7) is 5.34. The number of hydrogen-bond acceptors (Lipinski definition) is 6. The molecule has 1 fully saturated rings. The molecule has 0 radical (unpaired) electrons. The highest BCUT2D eigenvalue weighted by Gasteiger charge is 2.29. The van der Waals surface area contributed by atoms with Gasteiger partial charge in [-0.2, -0.15) is 0 Å². The first-order valence-electron chi connectivity index (χ1n) is 13.3. The summed E-state index contributed by atoms with van der Waals surface area (Å²) in [5.41, 5.74) is 3.81. The van der Waals surface area contributed by atoms with E-state index in [1.54, 1.807) is 7.11 Å². The Morgan fingerprint density at radius 1 is 1.08 bits per heavy atom. The maximum absolute atomic E-state index is 13.2. The van der Waals surface area contributed by atoms with Gasteiger partial charge in [0.25, 0.3) is 5.56 Å². The first-order valence-corrected chi connectivity index (χ1v) is 13.3. The van der Waals surface area contributed by atoms with Crippen molar-refractivity contribution in [1.82, 2.24) is 30.1 Å². The number of H-pyrrole nitrogens is 1. The predicted molar refractivity (Wildman–Crippen MR) is 145 cm³/mol. The summed E-state index contributed by atoms with van der Waals surface area (Å²) in [5, 5.41) is 14.1. The van der Waals surface area contributed by atoms with Crippen molar-refractivity contribution in [3.05, 3.63) is 81.4 Å². The number of benzene rings is 2. The van der Waals surface area contributed by atoms with Crippen LogP contribution in [-0.2, 0) is 13.1 Å². The Balaban J connectivity index is 1.51. The van der Waals surface area contributed by atoms with Crippen molar-refractivity contribution >= 4 is 10.9 Å². The molecule has 0 unspecified atom stereocenters. The molecule has 4 aromatic rings. The molecule has 1 aliphatic rings. The minimum absolute atomic E-state index is 0.0351. The summed E-state index contributed by atoms with van der Waals surface area (Å²) >= 11 is 0. The van der Waals surface area contributed by atoms with Crippen LogP contribution in [0.1, 0.15) is 80.0 Å². The highest BCUT2D eigenvalue weighted by molar-refractivity contribution is 5.79. The van der Waals surface area contributed by atoms with Crippen LogP contribution in [0.4, 0.5) is 0 Å². The largest absolute Gasteiger partial charge is 0.497 e. The predicted octanol–water partition coefficient (Wildman–Crippen LogP) is 5.49. The number of methoxy groups -OCH3 is 1. The van der Waals surface area contributed by atoms with Crippen LogP contribution < -0.4 is 10.3 Å². The Bertz CT molecular complexity index is 1390. The van der Waals surface area contributed by atoms with Crippen molar-refractivity contribution in [2.24, 2.45) is 0 Å². The van der Waals surface area contributed by atoms with Crippen LogP contribution in [0.2, 0.25) is 0 Å². The van der Waals surface area contributed by atoms with Gasteiger partial charge in [-0.25, -0.2) is 4.68 Å². The zero-order valence-electron chi connectivity index (χ0n) is 22.0. The van der Waals surface area contributed by atoms with Crippen LogP contribution in [0.25, 0.3) is 10.9 Å². The summed E-state index contributed by atoms with van der Waals surface area (Å²) in [4.78, 5) is 18.6. The topological polar surface area (TPSA) is 88.9 Å². The second kappa shape index (κ2) is 11.3. The number of aromatic nitrogens is 5. The molecule has 194 valence electrons. The molecule has 37 heavy (non-hydrogen) atoms. The van der Waals surface area contributed by atoms with Crippen LogP contribution >= 0.6 is 0 Å². The van der Waals surface area contributed by atoms with E-state index in [1.165, 1.54) is 19.3 Å². The van der Waals surface area contributed by atoms with Crippen LogP contribution in [0.15, 0.2) is 53.3 Å². The molecule has 0 spiro atoms. The van der Waals surface area contributed by atoms with Gasteiger partial charge >= 0.3 is 0 Å². The lowest BCUT2D eigenvalue weighted by Gasteiger charge is -2.32. The lowest BCUT2D eigenvalue weighted by molar-refractivity contribution is 0.155. The number of rotatable bonds is 9. The number of pyridine rings is 1. The molecule has 0 aliphatic heterocycles. The number of tetrazole rings is 1. The highest BCUT2D eigenvalue weighted by atomic mass is 16.5. The van der Waals surface area contributed by atoms with E-state index in [9.17, 15) is 4.79 Å². The maximum atomic E-state index is 13.2. The highest BCUT2D eigenvalue weighted by Crippen LogP contribution is 2.33. The molecule has 1 saturated carbocycles. The van der Waals surface area contributed by atoms with Crippen molar-refractivity contribution in [3.8, 4) is 5.75 Å². The van der Waals surface area contributed by atoms with Crippen LogP contribution in [0.3, 0.4) is 0 Å². The molecule has 1 atom stereocenters. The third-order valence-corrected chi connectivity index (χ3v) is 7.56. The molecule has 8 nitrogen and oxygen atoms in total. The van der Waals surface area contributed by atoms with Gasteiger partial charge in [-0.15, -0.1) is 5.10 Å². The van der Waals surface area contributed by atoms with Gasteiger partial charge in [-0.05, 0) is 77.4 Å². The van der Waals surface area contributed by atoms with Gasteiger partial charge in [0.2, 0.25) is 0 Å². The van der Waals surface area contributed by atoms with E-state index in [4.69, 9.17) is 4.74 Å². The summed E-state index contributed by atoms with van der Waals surface area (Å²) in [5.74, 6) is 1.71. The molecule has 2 aromatic heterocycles. The smallest absolute Gasteiger partial charge is 0.252 e. The summed E-state index contributed by atoms with van der Waals surface area (Å²) in [7, 11) is 1.67. The van der Waals surface area contributed by atoms with Crippen LogP contribution in [-0.4, -0.2) is 37.2 Å². The standard InChI is InChI=1S/C29H36N6O2/c1-4-27(28-31-32-33-35(28)24-8-6-5-7-9-24)34(18-21-11-14-25(37-3)15-12-21)19-23-17-22-13-10-20(2)16-26(22)30-29(23)36/h10-17,24,27H,4-9,18-19H2,1-3H3,(H,30,36)/t27-/m0/s1. The van der Waals surface area contributed by atoms with Gasteiger partial charge in [0.05, 0.1) is 19.2 Å². The van der Waals surface area contributed by atoms with E-state index in [-0.39, 0.29) is 11.6 Å². The fourth-order valence-corrected chi connectivity index (χ4v) is 5.55. The lowest BCUT2D eigenvalue weighted by atomic mass is 9.95. The summed E-state index contributed by atoms with van der Waals surface area (Å²) in [6.07, 6.45) is 6.74. The number of ether oxygens (including phenoxy) is 1. The van der Waals surface area contributed by atoms with Gasteiger partial charge in [-0.1, -0.05) is 50.5 Å². The monoisotopic (exact) mass is 500 g/mol. The molecule has 1 aliphatic carbocycles. The second-order valence-electron chi connectivity index (χ2n) is 10.2. The quantitative estimate of drug-likeness (QED) is 0.327. The second-order valence-corrected chi connectivity index (χ2v) is 10.2. The molecule has 2 heterocycles. The average Bonchev–Trinajstić information content (AvgIpc) is 3.40. The number of aromatic amines is 1. The van der Waals surface area contributed by atoms with Crippen molar-refractivity contribution in [2.75, 3.05) is 7.11 Å².